The zero-order chi connectivity index (χ0) is 14.4. The summed E-state index contributed by atoms with van der Waals surface area (Å²) >= 11 is 0. The summed E-state index contributed by atoms with van der Waals surface area (Å²) in [7, 11) is 0. The van der Waals surface area contributed by atoms with E-state index < -0.39 is 0 Å². The molecule has 4 rings (SSSR count). The molecule has 6 nitrogen and oxygen atoms in total. The summed E-state index contributed by atoms with van der Waals surface area (Å²) in [6, 6.07) is 2.95. The minimum Gasteiger partial charge on any atom is -0.376 e. The molecule has 0 aromatic carbocycles. The highest BCUT2D eigenvalue weighted by Gasteiger charge is 2.36. The average molecular weight is 287 g/mol. The molecule has 2 aromatic heterocycles. The fraction of sp³-hybridized carbons (Fsp3) is 0.600. The first-order valence-corrected chi connectivity index (χ1v) is 7.63. The molecule has 2 aliphatic heterocycles. The van der Waals surface area contributed by atoms with Crippen LogP contribution in [0.25, 0.3) is 11.0 Å². The molecule has 0 spiro atoms. The predicted octanol–water partition coefficient (Wildman–Crippen LogP) is 1.54. The molecule has 0 radical (unpaired) electrons. The number of nitrogens with zero attached hydrogens (tertiary/aromatic N) is 3. The highest BCUT2D eigenvalue weighted by molar-refractivity contribution is 5.85. The van der Waals surface area contributed by atoms with Gasteiger partial charge in [0.1, 0.15) is 11.3 Å². The quantitative estimate of drug-likeness (QED) is 0.877. The van der Waals surface area contributed by atoms with Crippen LogP contribution in [0.1, 0.15) is 19.2 Å². The number of H-pyrrole nitrogens is 1. The van der Waals surface area contributed by atoms with E-state index in [4.69, 9.17) is 4.74 Å². The van der Waals surface area contributed by atoms with Gasteiger partial charge in [-0.05, 0) is 26.3 Å². The topological polar surface area (TPSA) is 66.1 Å². The second kappa shape index (κ2) is 4.96. The Labute approximate surface area is 123 Å². The molecule has 4 heterocycles. The third-order valence-corrected chi connectivity index (χ3v) is 4.45. The molecule has 0 aliphatic carbocycles. The largest absolute Gasteiger partial charge is 0.376 e. The van der Waals surface area contributed by atoms with E-state index in [-0.39, 0.29) is 0 Å². The van der Waals surface area contributed by atoms with Crippen LogP contribution in [0.3, 0.4) is 0 Å². The first-order valence-electron chi connectivity index (χ1n) is 7.63. The summed E-state index contributed by atoms with van der Waals surface area (Å²) in [6.07, 6.45) is 3.37. The van der Waals surface area contributed by atoms with Crippen molar-refractivity contribution in [1.29, 1.82) is 0 Å². The van der Waals surface area contributed by atoms with Crippen LogP contribution in [0.2, 0.25) is 0 Å². The molecule has 0 saturated carbocycles. The molecular formula is C15H21N5O. The molecule has 0 bridgehead atoms. The summed E-state index contributed by atoms with van der Waals surface area (Å²) in [5.41, 5.74) is 1.97. The van der Waals surface area contributed by atoms with E-state index in [2.05, 4.69) is 32.1 Å². The third-order valence-electron chi connectivity index (χ3n) is 4.45. The summed E-state index contributed by atoms with van der Waals surface area (Å²) in [6.45, 7) is 7.02. The lowest BCUT2D eigenvalue weighted by atomic mass is 10.1. The van der Waals surface area contributed by atoms with Gasteiger partial charge in [0.25, 0.3) is 0 Å². The van der Waals surface area contributed by atoms with Crippen molar-refractivity contribution in [3.8, 4) is 0 Å². The zero-order valence-electron chi connectivity index (χ0n) is 12.5. The van der Waals surface area contributed by atoms with Gasteiger partial charge in [0.2, 0.25) is 0 Å². The van der Waals surface area contributed by atoms with Gasteiger partial charge in [0.15, 0.2) is 5.82 Å². The molecule has 0 amide bonds. The van der Waals surface area contributed by atoms with Crippen molar-refractivity contribution >= 4 is 16.9 Å². The van der Waals surface area contributed by atoms with Gasteiger partial charge in [-0.15, -0.1) is 0 Å². The maximum atomic E-state index is 5.77. The second-order valence-electron chi connectivity index (χ2n) is 6.19. The van der Waals surface area contributed by atoms with Crippen LogP contribution < -0.4 is 5.32 Å². The summed E-state index contributed by atoms with van der Waals surface area (Å²) in [5, 5.41) is 3.60. The lowest BCUT2D eigenvalue weighted by Gasteiger charge is -2.33. The summed E-state index contributed by atoms with van der Waals surface area (Å²) in [4.78, 5) is 14.8. The molecule has 2 fully saturated rings. The molecule has 3 atom stereocenters. The number of morpholine rings is 1. The Morgan fingerprint density at radius 1 is 1.38 bits per heavy atom. The molecule has 2 saturated heterocycles. The monoisotopic (exact) mass is 287 g/mol. The fourth-order valence-electron chi connectivity index (χ4n) is 3.50. The molecule has 112 valence electrons. The van der Waals surface area contributed by atoms with Crippen molar-refractivity contribution in [2.75, 3.05) is 25.0 Å². The van der Waals surface area contributed by atoms with Gasteiger partial charge < -0.3 is 15.0 Å². The summed E-state index contributed by atoms with van der Waals surface area (Å²) < 4.78 is 5.77. The number of anilines is 1. The number of aromatic amines is 1. The lowest BCUT2D eigenvalue weighted by molar-refractivity contribution is -0.0390. The van der Waals surface area contributed by atoms with Gasteiger partial charge in [-0.2, -0.15) is 0 Å². The van der Waals surface area contributed by atoms with E-state index in [0.717, 1.165) is 48.8 Å². The van der Waals surface area contributed by atoms with Crippen LogP contribution >= 0.6 is 0 Å². The van der Waals surface area contributed by atoms with Crippen LogP contribution in [0.15, 0.2) is 12.3 Å². The standard InChI is InChI=1S/C15H21N5O/c1-9-6-20-7-11(5-12(20)8-21-9)19-15-14-13(3-4-16-14)17-10(2)18-15/h3-4,9,11-12,16H,5-8H2,1-2H3,(H,17,18,19)/t9-,11+,12-/m0/s1. The minimum absolute atomic E-state index is 0.344. The highest BCUT2D eigenvalue weighted by Crippen LogP contribution is 2.27. The van der Waals surface area contributed by atoms with Gasteiger partial charge in [0.05, 0.1) is 18.2 Å². The molecule has 0 unspecified atom stereocenters. The van der Waals surface area contributed by atoms with Crippen LogP contribution in [-0.2, 0) is 4.74 Å². The van der Waals surface area contributed by atoms with Crippen molar-refractivity contribution in [3.05, 3.63) is 18.1 Å². The van der Waals surface area contributed by atoms with Crippen molar-refractivity contribution in [2.45, 2.75) is 38.5 Å². The van der Waals surface area contributed by atoms with Crippen molar-refractivity contribution in [3.63, 3.8) is 0 Å². The van der Waals surface area contributed by atoms with Crippen LogP contribution in [0, 0.1) is 6.92 Å². The minimum atomic E-state index is 0.344. The number of hydrogen-bond donors (Lipinski definition) is 2. The fourth-order valence-corrected chi connectivity index (χ4v) is 3.50. The number of aryl methyl sites for hydroxylation is 1. The van der Waals surface area contributed by atoms with Crippen molar-refractivity contribution in [1.82, 2.24) is 19.9 Å². The number of hydrogen-bond acceptors (Lipinski definition) is 5. The van der Waals surface area contributed by atoms with Gasteiger partial charge in [-0.1, -0.05) is 0 Å². The highest BCUT2D eigenvalue weighted by atomic mass is 16.5. The van der Waals surface area contributed by atoms with Gasteiger partial charge >= 0.3 is 0 Å². The molecule has 21 heavy (non-hydrogen) atoms. The van der Waals surface area contributed by atoms with E-state index in [1.807, 2.05) is 19.2 Å². The average Bonchev–Trinajstić information content (AvgIpc) is 3.03. The van der Waals surface area contributed by atoms with Crippen LogP contribution in [-0.4, -0.2) is 57.7 Å². The predicted molar refractivity (Wildman–Crippen MR) is 81.4 cm³/mol. The normalized spacial score (nSPS) is 29.7. The number of nitrogens with one attached hydrogen (secondary N) is 2. The van der Waals surface area contributed by atoms with Crippen LogP contribution in [0.5, 0.6) is 0 Å². The smallest absolute Gasteiger partial charge is 0.154 e. The Bertz CT molecular complexity index is 655. The first-order chi connectivity index (χ1) is 10.2. The Kier molecular flexibility index (Phi) is 3.08. The molecule has 6 heteroatoms. The third kappa shape index (κ3) is 2.38. The molecule has 2 N–H and O–H groups in total. The Morgan fingerprint density at radius 2 is 2.29 bits per heavy atom. The zero-order valence-corrected chi connectivity index (χ0v) is 12.5. The van der Waals surface area contributed by atoms with Gasteiger partial charge in [-0.25, -0.2) is 9.97 Å². The second-order valence-corrected chi connectivity index (χ2v) is 6.19. The Morgan fingerprint density at radius 3 is 3.19 bits per heavy atom. The van der Waals surface area contributed by atoms with E-state index in [1.165, 1.54) is 0 Å². The van der Waals surface area contributed by atoms with Gasteiger partial charge in [-0.3, -0.25) is 4.90 Å². The Hall–Kier alpha value is -1.66. The maximum absolute atomic E-state index is 5.77. The van der Waals surface area contributed by atoms with E-state index in [9.17, 15) is 0 Å². The summed E-state index contributed by atoms with van der Waals surface area (Å²) in [5.74, 6) is 1.72. The number of rotatable bonds is 2. The lowest BCUT2D eigenvalue weighted by Crippen LogP contribution is -2.45. The van der Waals surface area contributed by atoms with E-state index in [1.54, 1.807) is 0 Å². The van der Waals surface area contributed by atoms with Gasteiger partial charge in [0, 0.05) is 31.4 Å². The van der Waals surface area contributed by atoms with Crippen molar-refractivity contribution < 1.29 is 4.74 Å². The van der Waals surface area contributed by atoms with E-state index >= 15 is 0 Å². The van der Waals surface area contributed by atoms with Crippen molar-refractivity contribution in [2.24, 2.45) is 0 Å². The number of aromatic nitrogens is 3. The Balaban J connectivity index is 1.54. The number of fused-ring (bicyclic) bond motifs is 2. The van der Waals surface area contributed by atoms with E-state index in [0.29, 0.717) is 18.2 Å². The molecule has 2 aromatic rings. The maximum Gasteiger partial charge on any atom is 0.154 e. The molecular weight excluding hydrogens is 266 g/mol. The SMILES string of the molecule is Cc1nc(N[C@@H]2C[C@H]3CO[C@@H](C)CN3C2)c2[nH]ccc2n1. The first kappa shape index (κ1) is 13.0. The molecule has 2 aliphatic rings. The number of ether oxygens (including phenoxy) is 1. The van der Waals surface area contributed by atoms with Crippen LogP contribution in [0.4, 0.5) is 5.82 Å².